The van der Waals surface area contributed by atoms with Gasteiger partial charge in [-0.15, -0.1) is 0 Å². The maximum atomic E-state index is 5.95. The normalized spacial score (nSPS) is 12.6. The van der Waals surface area contributed by atoms with Crippen LogP contribution in [0.15, 0.2) is 28.8 Å². The molecule has 1 aromatic carbocycles. The van der Waals surface area contributed by atoms with Gasteiger partial charge in [-0.1, -0.05) is 38.1 Å². The predicted molar refractivity (Wildman–Crippen MR) is 81.1 cm³/mol. The Kier molecular flexibility index (Phi) is 5.33. The fourth-order valence-corrected chi connectivity index (χ4v) is 1.88. The molecule has 0 radical (unpaired) electrons. The molecule has 114 valence electrons. The molecule has 1 heterocycles. The van der Waals surface area contributed by atoms with Gasteiger partial charge in [0, 0.05) is 12.0 Å². The highest BCUT2D eigenvalue weighted by atomic mass is 16.5. The Bertz CT molecular complexity index is 549. The Balaban J connectivity index is 1.88. The molecule has 0 fully saturated rings. The third-order valence-corrected chi connectivity index (χ3v) is 3.29. The number of hydrogen-bond donors (Lipinski definition) is 1. The van der Waals surface area contributed by atoms with Crippen molar-refractivity contribution >= 4 is 0 Å². The highest BCUT2D eigenvalue weighted by Crippen LogP contribution is 2.16. The van der Waals surface area contributed by atoms with Gasteiger partial charge in [0.05, 0.1) is 0 Å². The first-order valence-electron chi connectivity index (χ1n) is 7.38. The number of nitrogens with two attached hydrogens (primary N) is 1. The van der Waals surface area contributed by atoms with Crippen molar-refractivity contribution in [1.29, 1.82) is 0 Å². The minimum Gasteiger partial charge on any atom is -0.485 e. The summed E-state index contributed by atoms with van der Waals surface area (Å²) in [5.41, 5.74) is 7.17. The van der Waals surface area contributed by atoms with E-state index in [4.69, 9.17) is 15.0 Å². The standard InChI is InChI=1S/C16H23N3O2/c1-4-13(17)9-12-5-7-14(8-6-12)20-10-15-18-16(11(2)3)21-19-15/h5-8,11,13H,4,9-10,17H2,1-3H3. The summed E-state index contributed by atoms with van der Waals surface area (Å²) < 4.78 is 10.8. The second-order valence-corrected chi connectivity index (χ2v) is 5.51. The molecule has 1 aromatic heterocycles. The smallest absolute Gasteiger partial charge is 0.229 e. The average molecular weight is 289 g/mol. The van der Waals surface area contributed by atoms with Crippen LogP contribution in [0.4, 0.5) is 0 Å². The van der Waals surface area contributed by atoms with Crippen molar-refractivity contribution in [3.8, 4) is 5.75 Å². The van der Waals surface area contributed by atoms with Gasteiger partial charge in [0.15, 0.2) is 6.61 Å². The van der Waals surface area contributed by atoms with E-state index in [2.05, 4.69) is 17.1 Å². The number of aromatic nitrogens is 2. The van der Waals surface area contributed by atoms with Crippen molar-refractivity contribution in [2.24, 2.45) is 5.73 Å². The molecule has 1 unspecified atom stereocenters. The molecule has 0 aliphatic rings. The Morgan fingerprint density at radius 1 is 1.24 bits per heavy atom. The Hall–Kier alpha value is -1.88. The lowest BCUT2D eigenvalue weighted by Crippen LogP contribution is -2.21. The molecule has 0 saturated carbocycles. The Labute approximate surface area is 125 Å². The maximum Gasteiger partial charge on any atom is 0.229 e. The number of benzene rings is 1. The molecule has 0 amide bonds. The van der Waals surface area contributed by atoms with Gasteiger partial charge in [-0.05, 0) is 30.5 Å². The second-order valence-electron chi connectivity index (χ2n) is 5.51. The lowest BCUT2D eigenvalue weighted by molar-refractivity contribution is 0.284. The van der Waals surface area contributed by atoms with Gasteiger partial charge in [-0.3, -0.25) is 0 Å². The summed E-state index contributed by atoms with van der Waals surface area (Å²) in [6.07, 6.45) is 1.87. The number of nitrogens with zero attached hydrogens (tertiary/aromatic N) is 2. The van der Waals surface area contributed by atoms with Crippen molar-refractivity contribution in [2.75, 3.05) is 0 Å². The molecular formula is C16H23N3O2. The van der Waals surface area contributed by atoms with Crippen LogP contribution in [0, 0.1) is 0 Å². The molecule has 5 nitrogen and oxygen atoms in total. The van der Waals surface area contributed by atoms with Crippen LogP contribution in [0.3, 0.4) is 0 Å². The van der Waals surface area contributed by atoms with E-state index in [-0.39, 0.29) is 12.0 Å². The van der Waals surface area contributed by atoms with Crippen molar-refractivity contribution in [1.82, 2.24) is 10.1 Å². The van der Waals surface area contributed by atoms with E-state index < -0.39 is 0 Å². The van der Waals surface area contributed by atoms with Crippen LogP contribution in [0.5, 0.6) is 5.75 Å². The highest BCUT2D eigenvalue weighted by Gasteiger charge is 2.10. The minimum atomic E-state index is 0.213. The Morgan fingerprint density at radius 2 is 1.95 bits per heavy atom. The molecule has 0 aliphatic heterocycles. The van der Waals surface area contributed by atoms with Crippen LogP contribution < -0.4 is 10.5 Å². The number of hydrogen-bond acceptors (Lipinski definition) is 5. The maximum absolute atomic E-state index is 5.95. The van der Waals surface area contributed by atoms with Gasteiger partial charge in [-0.2, -0.15) is 4.98 Å². The second kappa shape index (κ2) is 7.22. The molecule has 2 rings (SSSR count). The van der Waals surface area contributed by atoms with Crippen molar-refractivity contribution < 1.29 is 9.26 Å². The van der Waals surface area contributed by atoms with Crippen LogP contribution in [0.2, 0.25) is 0 Å². The van der Waals surface area contributed by atoms with Gasteiger partial charge in [0.1, 0.15) is 5.75 Å². The summed E-state index contributed by atoms with van der Waals surface area (Å²) in [6.45, 7) is 6.43. The third kappa shape index (κ3) is 4.56. The first kappa shape index (κ1) is 15.5. The summed E-state index contributed by atoms with van der Waals surface area (Å²) in [4.78, 5) is 4.27. The minimum absolute atomic E-state index is 0.213. The zero-order valence-corrected chi connectivity index (χ0v) is 12.9. The number of rotatable bonds is 7. The third-order valence-electron chi connectivity index (χ3n) is 3.29. The summed E-state index contributed by atoms with van der Waals surface area (Å²) in [5.74, 6) is 2.22. The zero-order chi connectivity index (χ0) is 15.2. The van der Waals surface area contributed by atoms with Crippen LogP contribution in [0.1, 0.15) is 50.4 Å². The molecular weight excluding hydrogens is 266 g/mol. The fourth-order valence-electron chi connectivity index (χ4n) is 1.88. The Morgan fingerprint density at radius 3 is 2.52 bits per heavy atom. The van der Waals surface area contributed by atoms with E-state index >= 15 is 0 Å². The molecule has 2 aromatic rings. The fraction of sp³-hybridized carbons (Fsp3) is 0.500. The molecule has 21 heavy (non-hydrogen) atoms. The first-order chi connectivity index (χ1) is 10.1. The monoisotopic (exact) mass is 289 g/mol. The van der Waals surface area contributed by atoms with Crippen LogP contribution in [-0.4, -0.2) is 16.2 Å². The lowest BCUT2D eigenvalue weighted by atomic mass is 10.0. The van der Waals surface area contributed by atoms with Crippen molar-refractivity contribution in [3.63, 3.8) is 0 Å². The van der Waals surface area contributed by atoms with E-state index in [0.717, 1.165) is 18.6 Å². The molecule has 5 heteroatoms. The molecule has 2 N–H and O–H groups in total. The topological polar surface area (TPSA) is 74.2 Å². The molecule has 0 spiro atoms. The zero-order valence-electron chi connectivity index (χ0n) is 12.9. The van der Waals surface area contributed by atoms with E-state index in [1.165, 1.54) is 5.56 Å². The summed E-state index contributed by atoms with van der Waals surface area (Å²) in [5, 5.41) is 3.89. The SMILES string of the molecule is CCC(N)Cc1ccc(OCc2noc(C(C)C)n2)cc1. The van der Waals surface area contributed by atoms with Crippen LogP contribution >= 0.6 is 0 Å². The summed E-state index contributed by atoms with van der Waals surface area (Å²) in [6, 6.07) is 8.19. The van der Waals surface area contributed by atoms with E-state index in [1.807, 2.05) is 38.1 Å². The van der Waals surface area contributed by atoms with Gasteiger partial charge >= 0.3 is 0 Å². The molecule has 0 bridgehead atoms. The van der Waals surface area contributed by atoms with Crippen LogP contribution in [0.25, 0.3) is 0 Å². The molecule has 1 atom stereocenters. The van der Waals surface area contributed by atoms with Crippen LogP contribution in [-0.2, 0) is 13.0 Å². The highest BCUT2D eigenvalue weighted by molar-refractivity contribution is 5.27. The lowest BCUT2D eigenvalue weighted by Gasteiger charge is -2.09. The quantitative estimate of drug-likeness (QED) is 0.848. The van der Waals surface area contributed by atoms with Crippen molar-refractivity contribution in [2.45, 2.75) is 52.2 Å². The summed E-state index contributed by atoms with van der Waals surface area (Å²) >= 11 is 0. The van der Waals surface area contributed by atoms with Gasteiger partial charge in [0.25, 0.3) is 0 Å². The van der Waals surface area contributed by atoms with Crippen molar-refractivity contribution in [3.05, 3.63) is 41.5 Å². The number of ether oxygens (including phenoxy) is 1. The van der Waals surface area contributed by atoms with Gasteiger partial charge in [0.2, 0.25) is 11.7 Å². The first-order valence-corrected chi connectivity index (χ1v) is 7.38. The van der Waals surface area contributed by atoms with E-state index in [1.54, 1.807) is 0 Å². The molecule has 0 aliphatic carbocycles. The molecule has 0 saturated heterocycles. The van der Waals surface area contributed by atoms with Gasteiger partial charge in [-0.25, -0.2) is 0 Å². The largest absolute Gasteiger partial charge is 0.485 e. The van der Waals surface area contributed by atoms with Gasteiger partial charge < -0.3 is 15.0 Å². The van der Waals surface area contributed by atoms with E-state index in [0.29, 0.717) is 18.3 Å². The predicted octanol–water partition coefficient (Wildman–Crippen LogP) is 3.05. The summed E-state index contributed by atoms with van der Waals surface area (Å²) in [7, 11) is 0. The average Bonchev–Trinajstić information content (AvgIpc) is 2.95. The van der Waals surface area contributed by atoms with E-state index in [9.17, 15) is 0 Å².